The average Bonchev–Trinajstić information content (AvgIpc) is 2.48. The minimum Gasteiger partial charge on any atom is -0.383 e. The number of nitrogens with zero attached hydrogens (tertiary/aromatic N) is 1. The summed E-state index contributed by atoms with van der Waals surface area (Å²) in [5.74, 6) is 0. The van der Waals surface area contributed by atoms with Crippen molar-refractivity contribution in [2.45, 2.75) is 57.9 Å². The SMILES string of the molecule is CCC(CC)N(CCOC)C(C)(CN)CC(OC)OC. The van der Waals surface area contributed by atoms with E-state index in [9.17, 15) is 0 Å². The highest BCUT2D eigenvalue weighted by atomic mass is 16.7. The second-order valence-corrected chi connectivity index (χ2v) is 5.46. The Morgan fingerprint density at radius 2 is 1.65 bits per heavy atom. The lowest BCUT2D eigenvalue weighted by molar-refractivity contribution is -0.133. The van der Waals surface area contributed by atoms with Crippen LogP contribution in [0.25, 0.3) is 0 Å². The van der Waals surface area contributed by atoms with E-state index in [1.807, 2.05) is 0 Å². The summed E-state index contributed by atoms with van der Waals surface area (Å²) < 4.78 is 16.0. The predicted octanol–water partition coefficient (Wildman–Crippen LogP) is 1.85. The molecule has 1 unspecified atom stereocenters. The summed E-state index contributed by atoms with van der Waals surface area (Å²) >= 11 is 0. The molecule has 0 bridgehead atoms. The molecule has 20 heavy (non-hydrogen) atoms. The summed E-state index contributed by atoms with van der Waals surface area (Å²) in [6.45, 7) is 8.76. The third-order valence-corrected chi connectivity index (χ3v) is 4.18. The Morgan fingerprint density at radius 3 is 2.00 bits per heavy atom. The number of methoxy groups -OCH3 is 3. The molecule has 0 fully saturated rings. The molecule has 122 valence electrons. The quantitative estimate of drug-likeness (QED) is 0.556. The normalized spacial score (nSPS) is 15.3. The molecule has 5 nitrogen and oxygen atoms in total. The molecule has 0 saturated carbocycles. The lowest BCUT2D eigenvalue weighted by Gasteiger charge is -2.46. The zero-order valence-corrected chi connectivity index (χ0v) is 14.1. The van der Waals surface area contributed by atoms with Gasteiger partial charge >= 0.3 is 0 Å². The van der Waals surface area contributed by atoms with Crippen LogP contribution in [0.2, 0.25) is 0 Å². The van der Waals surface area contributed by atoms with E-state index >= 15 is 0 Å². The van der Waals surface area contributed by atoms with Gasteiger partial charge in [0.25, 0.3) is 0 Å². The molecular weight excluding hydrogens is 256 g/mol. The molecular formula is C15H34N2O3. The highest BCUT2D eigenvalue weighted by Crippen LogP contribution is 2.26. The van der Waals surface area contributed by atoms with Crippen molar-refractivity contribution in [3.63, 3.8) is 0 Å². The van der Waals surface area contributed by atoms with E-state index in [0.717, 1.165) is 25.8 Å². The molecule has 0 spiro atoms. The lowest BCUT2D eigenvalue weighted by Crippen LogP contribution is -2.58. The maximum Gasteiger partial charge on any atom is 0.158 e. The number of hydrogen-bond donors (Lipinski definition) is 1. The fourth-order valence-corrected chi connectivity index (χ4v) is 2.75. The van der Waals surface area contributed by atoms with Crippen LogP contribution in [-0.2, 0) is 14.2 Å². The second kappa shape index (κ2) is 10.5. The topological polar surface area (TPSA) is 57.0 Å². The van der Waals surface area contributed by atoms with Crippen LogP contribution >= 0.6 is 0 Å². The molecule has 0 heterocycles. The van der Waals surface area contributed by atoms with Crippen LogP contribution in [0.5, 0.6) is 0 Å². The van der Waals surface area contributed by atoms with Crippen LogP contribution in [0, 0.1) is 0 Å². The smallest absolute Gasteiger partial charge is 0.158 e. The van der Waals surface area contributed by atoms with Gasteiger partial charge in [0.1, 0.15) is 0 Å². The highest BCUT2D eigenvalue weighted by molar-refractivity contribution is 4.91. The largest absolute Gasteiger partial charge is 0.383 e. The van der Waals surface area contributed by atoms with Crippen molar-refractivity contribution >= 4 is 0 Å². The summed E-state index contributed by atoms with van der Waals surface area (Å²) in [5, 5.41) is 0. The van der Waals surface area contributed by atoms with Gasteiger partial charge in [-0.2, -0.15) is 0 Å². The van der Waals surface area contributed by atoms with E-state index in [0.29, 0.717) is 19.2 Å². The average molecular weight is 290 g/mol. The van der Waals surface area contributed by atoms with Crippen LogP contribution in [0.3, 0.4) is 0 Å². The van der Waals surface area contributed by atoms with Gasteiger partial charge in [-0.05, 0) is 19.8 Å². The molecule has 1 atom stereocenters. The molecule has 0 radical (unpaired) electrons. The minimum atomic E-state index is -0.233. The Hall–Kier alpha value is -0.200. The van der Waals surface area contributed by atoms with Gasteiger partial charge in [0.05, 0.1) is 6.61 Å². The van der Waals surface area contributed by atoms with Crippen molar-refractivity contribution in [2.75, 3.05) is 41.0 Å². The molecule has 0 aliphatic carbocycles. The van der Waals surface area contributed by atoms with Crippen molar-refractivity contribution in [1.29, 1.82) is 0 Å². The van der Waals surface area contributed by atoms with Gasteiger partial charge in [-0.1, -0.05) is 13.8 Å². The van der Waals surface area contributed by atoms with Crippen LogP contribution in [0.4, 0.5) is 0 Å². The molecule has 0 aliphatic heterocycles. The fourth-order valence-electron chi connectivity index (χ4n) is 2.75. The van der Waals surface area contributed by atoms with Gasteiger partial charge in [0, 0.05) is 52.4 Å². The Balaban J connectivity index is 5.10. The van der Waals surface area contributed by atoms with Crippen LogP contribution in [0.15, 0.2) is 0 Å². The van der Waals surface area contributed by atoms with Crippen molar-refractivity contribution in [3.8, 4) is 0 Å². The summed E-state index contributed by atoms with van der Waals surface area (Å²) in [4.78, 5) is 2.46. The fraction of sp³-hybridized carbons (Fsp3) is 1.00. The molecule has 0 aromatic heterocycles. The summed E-state index contributed by atoms with van der Waals surface area (Å²) in [5.41, 5.74) is 5.93. The minimum absolute atomic E-state index is 0.161. The van der Waals surface area contributed by atoms with Crippen molar-refractivity contribution in [1.82, 2.24) is 4.90 Å². The summed E-state index contributed by atoms with van der Waals surface area (Å²) in [7, 11) is 5.07. The molecule has 0 aromatic rings. The molecule has 5 heteroatoms. The van der Waals surface area contributed by atoms with E-state index in [2.05, 4.69) is 25.7 Å². The first-order chi connectivity index (χ1) is 9.52. The van der Waals surface area contributed by atoms with Gasteiger partial charge in [0.15, 0.2) is 6.29 Å². The summed E-state index contributed by atoms with van der Waals surface area (Å²) in [6.07, 6.45) is 2.71. The van der Waals surface area contributed by atoms with Gasteiger partial charge < -0.3 is 19.9 Å². The van der Waals surface area contributed by atoms with Crippen molar-refractivity contribution in [2.24, 2.45) is 5.73 Å². The molecule has 0 rings (SSSR count). The Labute approximate surface area is 124 Å². The number of rotatable bonds is 12. The van der Waals surface area contributed by atoms with Gasteiger partial charge in [-0.25, -0.2) is 0 Å². The van der Waals surface area contributed by atoms with Crippen LogP contribution < -0.4 is 5.73 Å². The van der Waals surface area contributed by atoms with E-state index < -0.39 is 0 Å². The maximum absolute atomic E-state index is 6.09. The predicted molar refractivity (Wildman–Crippen MR) is 82.8 cm³/mol. The molecule has 2 N–H and O–H groups in total. The first kappa shape index (κ1) is 19.8. The van der Waals surface area contributed by atoms with Crippen LogP contribution in [-0.4, -0.2) is 63.8 Å². The number of ether oxygens (including phenoxy) is 3. The maximum atomic E-state index is 6.09. The second-order valence-electron chi connectivity index (χ2n) is 5.46. The molecule has 0 aliphatic rings. The molecule has 0 aromatic carbocycles. The highest BCUT2D eigenvalue weighted by Gasteiger charge is 2.36. The standard InChI is InChI=1S/C15H34N2O3/c1-7-13(8-2)17(9-10-18-4)15(3,12-16)11-14(19-5)20-6/h13-14H,7-12,16H2,1-6H3. The Bertz CT molecular complexity index is 233. The zero-order chi connectivity index (χ0) is 15.6. The van der Waals surface area contributed by atoms with Crippen LogP contribution in [0.1, 0.15) is 40.0 Å². The van der Waals surface area contributed by atoms with E-state index in [1.54, 1.807) is 21.3 Å². The summed E-state index contributed by atoms with van der Waals surface area (Å²) in [6, 6.07) is 0.494. The van der Waals surface area contributed by atoms with Gasteiger partial charge in [-0.15, -0.1) is 0 Å². The Morgan fingerprint density at radius 1 is 1.10 bits per heavy atom. The number of nitrogens with two attached hydrogens (primary N) is 1. The first-order valence-electron chi connectivity index (χ1n) is 7.54. The monoisotopic (exact) mass is 290 g/mol. The molecule has 0 amide bonds. The van der Waals surface area contributed by atoms with Crippen molar-refractivity contribution in [3.05, 3.63) is 0 Å². The van der Waals surface area contributed by atoms with E-state index in [1.165, 1.54) is 0 Å². The lowest BCUT2D eigenvalue weighted by atomic mass is 9.91. The van der Waals surface area contributed by atoms with E-state index in [-0.39, 0.29) is 11.8 Å². The van der Waals surface area contributed by atoms with Crippen molar-refractivity contribution < 1.29 is 14.2 Å². The first-order valence-corrected chi connectivity index (χ1v) is 7.54. The zero-order valence-electron chi connectivity index (χ0n) is 14.1. The Kier molecular flexibility index (Phi) is 10.4. The third kappa shape index (κ3) is 5.66. The van der Waals surface area contributed by atoms with Gasteiger partial charge in [0.2, 0.25) is 0 Å². The number of hydrogen-bond acceptors (Lipinski definition) is 5. The molecule has 0 saturated heterocycles. The van der Waals surface area contributed by atoms with Gasteiger partial charge in [-0.3, -0.25) is 4.90 Å². The third-order valence-electron chi connectivity index (χ3n) is 4.18. The van der Waals surface area contributed by atoms with E-state index in [4.69, 9.17) is 19.9 Å².